The molecule has 0 aliphatic heterocycles. The zero-order valence-corrected chi connectivity index (χ0v) is 11.6. The first kappa shape index (κ1) is 15.4. The molecule has 0 bridgehead atoms. The Morgan fingerprint density at radius 3 is 1.67 bits per heavy atom. The molecule has 0 amide bonds. The van der Waals surface area contributed by atoms with Crippen LogP contribution >= 0.6 is 15.9 Å². The summed E-state index contributed by atoms with van der Waals surface area (Å²) in [5.74, 6) is -4.81. The molecule has 0 nitrogen and oxygen atoms in total. The van der Waals surface area contributed by atoms with Crippen molar-refractivity contribution < 1.29 is 22.0 Å². The molecule has 1 atom stereocenters. The number of benzene rings is 1. The minimum Gasteiger partial charge on any atom is -0.195 e. The van der Waals surface area contributed by atoms with Crippen molar-refractivity contribution in [3.8, 4) is 0 Å². The van der Waals surface area contributed by atoms with Gasteiger partial charge in [-0.05, 0) is 37.5 Å². The third-order valence-electron chi connectivity index (χ3n) is 2.69. The molecular weight excluding hydrogens is 319 g/mol. The molecule has 0 aliphatic rings. The molecule has 18 heavy (non-hydrogen) atoms. The Kier molecular flexibility index (Phi) is 4.10. The number of hydrogen-bond donors (Lipinski definition) is 0. The monoisotopic (exact) mass is 330 g/mol. The van der Waals surface area contributed by atoms with Crippen molar-refractivity contribution in [1.82, 2.24) is 0 Å². The van der Waals surface area contributed by atoms with Crippen molar-refractivity contribution in [2.75, 3.05) is 0 Å². The molecule has 1 unspecified atom stereocenters. The molecule has 0 saturated carbocycles. The van der Waals surface area contributed by atoms with E-state index in [4.69, 9.17) is 0 Å². The van der Waals surface area contributed by atoms with Crippen LogP contribution in [0.2, 0.25) is 0 Å². The molecule has 6 heteroatoms. The first-order valence-electron chi connectivity index (χ1n) is 5.15. The third-order valence-corrected chi connectivity index (χ3v) is 3.72. The predicted octanol–water partition coefficient (Wildman–Crippen LogP) is 5.25. The summed E-state index contributed by atoms with van der Waals surface area (Å²) in [4.78, 5) is -2.08. The maximum absolute atomic E-state index is 13.3. The Bertz CT molecular complexity index is 427. The van der Waals surface area contributed by atoms with Crippen LogP contribution in [0.15, 0.2) is 12.1 Å². The minimum atomic E-state index is -5.58. The second kappa shape index (κ2) is 4.79. The summed E-state index contributed by atoms with van der Waals surface area (Å²) in [5, 5.41) is 0. The first-order valence-corrected chi connectivity index (χ1v) is 6.06. The fourth-order valence-corrected chi connectivity index (χ4v) is 2.90. The molecule has 0 N–H and O–H groups in total. The van der Waals surface area contributed by atoms with Crippen LogP contribution in [0, 0.1) is 20.8 Å². The number of alkyl halides is 6. The summed E-state index contributed by atoms with van der Waals surface area (Å²) < 4.78 is 63.6. The van der Waals surface area contributed by atoms with E-state index in [1.165, 1.54) is 13.8 Å². The number of halogens is 6. The van der Waals surface area contributed by atoms with Crippen LogP contribution in [0.5, 0.6) is 0 Å². The van der Waals surface area contributed by atoms with Gasteiger partial charge in [-0.1, -0.05) is 33.6 Å². The summed E-state index contributed by atoms with van der Waals surface area (Å²) in [6.07, 6.45) is -5.58. The van der Waals surface area contributed by atoms with E-state index in [0.717, 1.165) is 5.56 Å². The largest absolute Gasteiger partial charge is 0.454 e. The SMILES string of the molecule is Cc1cc(C)c(C(Br)C(F)(F)C(F)(F)F)c(C)c1. The Balaban J connectivity index is 3.32. The third kappa shape index (κ3) is 2.68. The van der Waals surface area contributed by atoms with Crippen LogP contribution in [-0.4, -0.2) is 12.1 Å². The number of hydrogen-bond acceptors (Lipinski definition) is 0. The summed E-state index contributed by atoms with van der Waals surface area (Å²) >= 11 is 2.50. The van der Waals surface area contributed by atoms with Crippen LogP contribution < -0.4 is 0 Å². The lowest BCUT2D eigenvalue weighted by Crippen LogP contribution is -2.40. The van der Waals surface area contributed by atoms with Crippen LogP contribution in [0.3, 0.4) is 0 Å². The maximum atomic E-state index is 13.3. The number of aryl methyl sites for hydroxylation is 3. The van der Waals surface area contributed by atoms with Gasteiger partial charge in [-0.25, -0.2) is 0 Å². The summed E-state index contributed by atoms with van der Waals surface area (Å²) in [6.45, 7) is 4.81. The van der Waals surface area contributed by atoms with Gasteiger partial charge in [0.25, 0.3) is 0 Å². The van der Waals surface area contributed by atoms with Gasteiger partial charge >= 0.3 is 12.1 Å². The minimum absolute atomic E-state index is 0.0112. The van der Waals surface area contributed by atoms with E-state index in [2.05, 4.69) is 15.9 Å². The Morgan fingerprint density at radius 1 is 0.944 bits per heavy atom. The van der Waals surface area contributed by atoms with Crippen molar-refractivity contribution in [3.63, 3.8) is 0 Å². The fraction of sp³-hybridized carbons (Fsp3) is 0.500. The van der Waals surface area contributed by atoms with Crippen molar-refractivity contribution in [2.45, 2.75) is 37.7 Å². The quantitative estimate of drug-likeness (QED) is 0.513. The average Bonchev–Trinajstić information content (AvgIpc) is 2.13. The Hall–Kier alpha value is -0.650. The highest BCUT2D eigenvalue weighted by atomic mass is 79.9. The van der Waals surface area contributed by atoms with Crippen molar-refractivity contribution in [3.05, 3.63) is 34.4 Å². The molecule has 0 spiro atoms. The smallest absolute Gasteiger partial charge is 0.195 e. The van der Waals surface area contributed by atoms with Gasteiger partial charge < -0.3 is 0 Å². The standard InChI is InChI=1S/C12H12BrF5/c1-6-4-7(2)9(8(3)5-6)10(13)11(14,15)12(16,17)18/h4-5,10H,1-3H3. The van der Waals surface area contributed by atoms with E-state index in [-0.39, 0.29) is 5.56 Å². The van der Waals surface area contributed by atoms with Gasteiger partial charge in [0, 0.05) is 0 Å². The zero-order chi connectivity index (χ0) is 14.3. The molecule has 0 fully saturated rings. The molecule has 102 valence electrons. The highest BCUT2D eigenvalue weighted by molar-refractivity contribution is 9.09. The highest BCUT2D eigenvalue weighted by Crippen LogP contribution is 2.50. The van der Waals surface area contributed by atoms with E-state index in [1.54, 1.807) is 19.1 Å². The van der Waals surface area contributed by atoms with Gasteiger partial charge in [0.15, 0.2) is 0 Å². The van der Waals surface area contributed by atoms with Crippen molar-refractivity contribution in [2.24, 2.45) is 0 Å². The Labute approximate surface area is 110 Å². The Morgan fingerprint density at radius 2 is 1.33 bits per heavy atom. The molecule has 1 aromatic rings. The highest BCUT2D eigenvalue weighted by Gasteiger charge is 2.62. The van der Waals surface area contributed by atoms with E-state index in [1.807, 2.05) is 0 Å². The van der Waals surface area contributed by atoms with Gasteiger partial charge in [0.1, 0.15) is 4.83 Å². The van der Waals surface area contributed by atoms with Gasteiger partial charge in [-0.15, -0.1) is 0 Å². The van der Waals surface area contributed by atoms with E-state index < -0.39 is 16.9 Å². The summed E-state index contributed by atoms with van der Waals surface area (Å²) in [5.41, 5.74) is 1.64. The fourth-order valence-electron chi connectivity index (χ4n) is 1.92. The van der Waals surface area contributed by atoms with E-state index in [0.29, 0.717) is 11.1 Å². The predicted molar refractivity (Wildman–Crippen MR) is 63.3 cm³/mol. The van der Waals surface area contributed by atoms with Gasteiger partial charge in [-0.3, -0.25) is 0 Å². The first-order chi connectivity index (χ1) is 7.98. The van der Waals surface area contributed by atoms with Crippen LogP contribution in [-0.2, 0) is 0 Å². The maximum Gasteiger partial charge on any atom is 0.454 e. The van der Waals surface area contributed by atoms with Gasteiger partial charge in [-0.2, -0.15) is 22.0 Å². The summed E-state index contributed by atoms with van der Waals surface area (Å²) in [7, 11) is 0. The van der Waals surface area contributed by atoms with Gasteiger partial charge in [0.2, 0.25) is 0 Å². The molecule has 0 heterocycles. The van der Waals surface area contributed by atoms with E-state index in [9.17, 15) is 22.0 Å². The van der Waals surface area contributed by atoms with E-state index >= 15 is 0 Å². The second-order valence-electron chi connectivity index (χ2n) is 4.30. The molecule has 0 saturated heterocycles. The topological polar surface area (TPSA) is 0 Å². The zero-order valence-electron chi connectivity index (χ0n) is 10.00. The summed E-state index contributed by atoms with van der Waals surface area (Å²) in [6, 6.07) is 3.17. The van der Waals surface area contributed by atoms with Crippen LogP contribution in [0.4, 0.5) is 22.0 Å². The lowest BCUT2D eigenvalue weighted by molar-refractivity contribution is -0.281. The molecular formula is C12H12BrF5. The molecule has 1 aromatic carbocycles. The normalized spacial score (nSPS) is 14.7. The molecule has 0 aromatic heterocycles. The van der Waals surface area contributed by atoms with Gasteiger partial charge in [0.05, 0.1) is 0 Å². The van der Waals surface area contributed by atoms with Crippen molar-refractivity contribution >= 4 is 15.9 Å². The van der Waals surface area contributed by atoms with Crippen LogP contribution in [0.1, 0.15) is 27.1 Å². The average molecular weight is 331 g/mol. The molecule has 0 aliphatic carbocycles. The molecule has 1 rings (SSSR count). The molecule has 0 radical (unpaired) electrons. The lowest BCUT2D eigenvalue weighted by Gasteiger charge is -2.27. The lowest BCUT2D eigenvalue weighted by atomic mass is 9.94. The van der Waals surface area contributed by atoms with Crippen molar-refractivity contribution in [1.29, 1.82) is 0 Å². The second-order valence-corrected chi connectivity index (χ2v) is 5.21. The number of rotatable bonds is 2. The van der Waals surface area contributed by atoms with Crippen LogP contribution in [0.25, 0.3) is 0 Å².